The number of rotatable bonds is 2. The molecule has 66 valence electrons. The summed E-state index contributed by atoms with van der Waals surface area (Å²) in [6.07, 6.45) is 1.66. The van der Waals surface area contributed by atoms with Crippen molar-refractivity contribution in [3.63, 3.8) is 0 Å². The van der Waals surface area contributed by atoms with Crippen LogP contribution in [0.1, 0.15) is 0 Å². The molecule has 2 aromatic rings. The summed E-state index contributed by atoms with van der Waals surface area (Å²) >= 11 is 5.79. The summed E-state index contributed by atoms with van der Waals surface area (Å²) in [6, 6.07) is 7.17. The molecular weight excluding hydrogens is 190 g/mol. The zero-order valence-corrected chi connectivity index (χ0v) is 7.36. The molecule has 0 saturated carbocycles. The molecule has 0 saturated heterocycles. The van der Waals surface area contributed by atoms with Gasteiger partial charge in [-0.15, -0.1) is 0 Å². The van der Waals surface area contributed by atoms with Gasteiger partial charge in [0.05, 0.1) is 5.52 Å². The summed E-state index contributed by atoms with van der Waals surface area (Å²) in [6.45, 7) is 0.383. The topological polar surface area (TPSA) is 31.2 Å². The maximum Gasteiger partial charge on any atom is 0.321 e. The minimum absolute atomic E-state index is 0.383. The lowest BCUT2D eigenvalue weighted by Gasteiger charge is -1.99. The molecule has 0 aliphatic carbocycles. The second-order valence-corrected chi connectivity index (χ2v) is 2.98. The Hall–Kier alpha value is -1.48. The summed E-state index contributed by atoms with van der Waals surface area (Å²) in [5, 5.41) is 1.60. The number of aromatic nitrogens is 1. The lowest BCUT2D eigenvalue weighted by molar-refractivity contribution is -0.128. The third-order valence-electron chi connectivity index (χ3n) is 1.77. The van der Waals surface area contributed by atoms with Crippen molar-refractivity contribution in [1.29, 1.82) is 0 Å². The smallest absolute Gasteiger partial charge is 0.321 e. The van der Waals surface area contributed by atoms with E-state index in [1.165, 1.54) is 4.73 Å². The fourth-order valence-corrected chi connectivity index (χ4v) is 1.41. The van der Waals surface area contributed by atoms with Gasteiger partial charge in [0.25, 0.3) is 0 Å². The number of benzene rings is 1. The van der Waals surface area contributed by atoms with Crippen molar-refractivity contribution in [1.82, 2.24) is 4.73 Å². The molecule has 3 nitrogen and oxygen atoms in total. The van der Waals surface area contributed by atoms with E-state index in [0.29, 0.717) is 11.5 Å². The number of fused-ring (bicyclic) bond motifs is 1. The molecule has 0 aliphatic heterocycles. The molecule has 4 heteroatoms. The Morgan fingerprint density at radius 1 is 1.38 bits per heavy atom. The predicted octanol–water partition coefficient (Wildman–Crippen LogP) is 1.88. The van der Waals surface area contributed by atoms with E-state index in [2.05, 4.69) is 0 Å². The molecule has 0 unspecified atom stereocenters. The maximum absolute atomic E-state index is 10.1. The first-order valence-electron chi connectivity index (χ1n) is 3.68. The van der Waals surface area contributed by atoms with Crippen molar-refractivity contribution >= 4 is 29.0 Å². The lowest BCUT2D eigenvalue weighted by atomic mass is 10.2. The number of carbonyl (C=O) groups excluding carboxylic acids is 1. The van der Waals surface area contributed by atoms with Crippen molar-refractivity contribution in [2.45, 2.75) is 0 Å². The fourth-order valence-electron chi connectivity index (χ4n) is 1.23. The Morgan fingerprint density at radius 3 is 3.00 bits per heavy atom. The van der Waals surface area contributed by atoms with E-state index >= 15 is 0 Å². The van der Waals surface area contributed by atoms with Gasteiger partial charge in [0.15, 0.2) is 0 Å². The van der Waals surface area contributed by atoms with Gasteiger partial charge in [-0.2, -0.15) is 4.73 Å². The van der Waals surface area contributed by atoms with Crippen molar-refractivity contribution in [2.75, 3.05) is 0 Å². The molecule has 0 radical (unpaired) electrons. The van der Waals surface area contributed by atoms with Crippen LogP contribution in [0, 0.1) is 0 Å². The van der Waals surface area contributed by atoms with Gasteiger partial charge in [0.1, 0.15) is 0 Å². The van der Waals surface area contributed by atoms with Crippen molar-refractivity contribution in [3.8, 4) is 0 Å². The van der Waals surface area contributed by atoms with Gasteiger partial charge < -0.3 is 4.84 Å². The minimum Gasteiger partial charge on any atom is -0.340 e. The van der Waals surface area contributed by atoms with Crippen LogP contribution < -0.4 is 4.84 Å². The van der Waals surface area contributed by atoms with Gasteiger partial charge in [0, 0.05) is 16.6 Å². The van der Waals surface area contributed by atoms with Gasteiger partial charge in [-0.1, -0.05) is 11.6 Å². The van der Waals surface area contributed by atoms with Crippen molar-refractivity contribution in [3.05, 3.63) is 35.5 Å². The Morgan fingerprint density at radius 2 is 2.23 bits per heavy atom. The van der Waals surface area contributed by atoms with Crippen LogP contribution in [-0.2, 0) is 4.79 Å². The van der Waals surface area contributed by atoms with Crippen LogP contribution in [0.4, 0.5) is 0 Å². The number of hydrogen-bond acceptors (Lipinski definition) is 2. The highest BCUT2D eigenvalue weighted by Crippen LogP contribution is 2.19. The van der Waals surface area contributed by atoms with Gasteiger partial charge in [-0.3, -0.25) is 4.79 Å². The quantitative estimate of drug-likeness (QED) is 0.686. The fraction of sp³-hybridized carbons (Fsp3) is 0. The summed E-state index contributed by atoms with van der Waals surface area (Å²) in [5.74, 6) is 0. The van der Waals surface area contributed by atoms with Gasteiger partial charge in [-0.05, 0) is 24.3 Å². The molecule has 0 aliphatic rings. The minimum atomic E-state index is 0.383. The summed E-state index contributed by atoms with van der Waals surface area (Å²) in [5.41, 5.74) is 0.816. The van der Waals surface area contributed by atoms with Crippen molar-refractivity contribution in [2.24, 2.45) is 0 Å². The van der Waals surface area contributed by atoms with Crippen LogP contribution in [0.3, 0.4) is 0 Å². The zero-order valence-electron chi connectivity index (χ0n) is 6.61. The largest absolute Gasteiger partial charge is 0.340 e. The predicted molar refractivity (Wildman–Crippen MR) is 49.6 cm³/mol. The van der Waals surface area contributed by atoms with Gasteiger partial charge in [-0.25, -0.2) is 0 Å². The van der Waals surface area contributed by atoms with Crippen LogP contribution in [0.15, 0.2) is 30.5 Å². The summed E-state index contributed by atoms with van der Waals surface area (Å²) in [4.78, 5) is 14.8. The van der Waals surface area contributed by atoms with Gasteiger partial charge >= 0.3 is 6.47 Å². The number of nitrogens with zero attached hydrogens (tertiary/aromatic N) is 1. The molecular formula is C9H6ClNO2. The molecule has 1 aromatic carbocycles. The average Bonchev–Trinajstić information content (AvgIpc) is 2.49. The third kappa shape index (κ3) is 1.38. The SMILES string of the molecule is O=COn1ccc2cc(Cl)ccc21. The third-order valence-corrected chi connectivity index (χ3v) is 2.01. The second kappa shape index (κ2) is 3.11. The van der Waals surface area contributed by atoms with Crippen LogP contribution in [-0.4, -0.2) is 11.2 Å². The molecule has 2 rings (SSSR count). The van der Waals surface area contributed by atoms with E-state index in [0.717, 1.165) is 10.9 Å². The van der Waals surface area contributed by atoms with Crippen LogP contribution in [0.2, 0.25) is 5.02 Å². The van der Waals surface area contributed by atoms with Crippen LogP contribution >= 0.6 is 11.6 Å². The number of carbonyl (C=O) groups is 1. The van der Waals surface area contributed by atoms with E-state index in [1.807, 2.05) is 12.1 Å². The average molecular weight is 196 g/mol. The van der Waals surface area contributed by atoms with E-state index in [4.69, 9.17) is 16.4 Å². The van der Waals surface area contributed by atoms with Crippen molar-refractivity contribution < 1.29 is 9.63 Å². The van der Waals surface area contributed by atoms with E-state index in [-0.39, 0.29) is 0 Å². The Bertz CT molecular complexity index is 450. The summed E-state index contributed by atoms with van der Waals surface area (Å²) < 4.78 is 1.39. The highest BCUT2D eigenvalue weighted by atomic mass is 35.5. The molecule has 0 spiro atoms. The monoisotopic (exact) mass is 195 g/mol. The standard InChI is InChI=1S/C9H6ClNO2/c10-8-1-2-9-7(5-8)3-4-11(9)13-6-12/h1-6H. The molecule has 1 aromatic heterocycles. The first kappa shape index (κ1) is 8.13. The lowest BCUT2D eigenvalue weighted by Crippen LogP contribution is -2.06. The first-order chi connectivity index (χ1) is 6.31. The normalized spacial score (nSPS) is 10.2. The number of hydrogen-bond donors (Lipinski definition) is 0. The second-order valence-electron chi connectivity index (χ2n) is 2.55. The highest BCUT2D eigenvalue weighted by Gasteiger charge is 2.00. The first-order valence-corrected chi connectivity index (χ1v) is 4.06. The van der Waals surface area contributed by atoms with E-state index in [1.54, 1.807) is 18.3 Å². The van der Waals surface area contributed by atoms with E-state index in [9.17, 15) is 4.79 Å². The molecule has 0 fully saturated rings. The Labute approximate surface area is 79.4 Å². The molecule has 0 atom stereocenters. The van der Waals surface area contributed by atoms with Crippen LogP contribution in [0.25, 0.3) is 10.9 Å². The summed E-state index contributed by atoms with van der Waals surface area (Å²) in [7, 11) is 0. The maximum atomic E-state index is 10.1. The Kier molecular flexibility index (Phi) is 1.94. The molecule has 0 N–H and O–H groups in total. The van der Waals surface area contributed by atoms with E-state index < -0.39 is 0 Å². The molecule has 13 heavy (non-hydrogen) atoms. The Balaban J connectivity index is 2.61. The number of halogens is 1. The van der Waals surface area contributed by atoms with Crippen LogP contribution in [0.5, 0.6) is 0 Å². The van der Waals surface area contributed by atoms with Gasteiger partial charge in [0.2, 0.25) is 0 Å². The molecule has 0 bridgehead atoms. The zero-order chi connectivity index (χ0) is 9.26. The molecule has 0 amide bonds. The molecule has 1 heterocycles. The highest BCUT2D eigenvalue weighted by molar-refractivity contribution is 6.31.